The quantitative estimate of drug-likeness (QED) is 0.716. The van der Waals surface area contributed by atoms with Crippen LogP contribution in [0.1, 0.15) is 37.5 Å². The van der Waals surface area contributed by atoms with E-state index in [1.54, 1.807) is 6.07 Å². The van der Waals surface area contributed by atoms with Crippen molar-refractivity contribution in [2.75, 3.05) is 0 Å². The summed E-state index contributed by atoms with van der Waals surface area (Å²) in [6.45, 7) is 12.0. The van der Waals surface area contributed by atoms with Gasteiger partial charge in [0, 0.05) is 0 Å². The first-order chi connectivity index (χ1) is 6.36. The molecular formula is C13H18O. The number of phenols is 1. The lowest BCUT2D eigenvalue weighted by atomic mass is 9.84. The van der Waals surface area contributed by atoms with Crippen LogP contribution in [0, 0.1) is 6.92 Å². The Kier molecular flexibility index (Phi) is 2.70. The smallest absolute Gasteiger partial charge is 0.119 e. The largest absolute Gasteiger partial charge is 0.508 e. The molecule has 1 nitrogen and oxygen atoms in total. The van der Waals surface area contributed by atoms with Crippen LogP contribution in [0.4, 0.5) is 0 Å². The second-order valence-electron chi connectivity index (χ2n) is 4.68. The minimum atomic E-state index is -0.0322. The Morgan fingerprint density at radius 2 is 1.86 bits per heavy atom. The van der Waals surface area contributed by atoms with Gasteiger partial charge in [0.2, 0.25) is 0 Å². The van der Waals surface area contributed by atoms with E-state index in [2.05, 4.69) is 27.4 Å². The minimum Gasteiger partial charge on any atom is -0.508 e. The maximum absolute atomic E-state index is 9.81. The zero-order chi connectivity index (χ0) is 10.9. The molecular weight excluding hydrogens is 172 g/mol. The van der Waals surface area contributed by atoms with Gasteiger partial charge >= 0.3 is 0 Å². The summed E-state index contributed by atoms with van der Waals surface area (Å²) in [6.07, 6.45) is 1.82. The number of aryl methyl sites for hydroxylation is 1. The third-order valence-corrected chi connectivity index (χ3v) is 2.41. The molecule has 14 heavy (non-hydrogen) atoms. The predicted molar refractivity (Wildman–Crippen MR) is 61.6 cm³/mol. The summed E-state index contributed by atoms with van der Waals surface area (Å²) in [6, 6.07) is 3.81. The number of hydrogen-bond acceptors (Lipinski definition) is 1. The molecule has 0 aliphatic rings. The minimum absolute atomic E-state index is 0.0322. The highest BCUT2D eigenvalue weighted by atomic mass is 16.3. The van der Waals surface area contributed by atoms with E-state index >= 15 is 0 Å². The SMILES string of the molecule is C=Cc1cc(C(C)(C)C)c(O)cc1C. The molecule has 1 aromatic rings. The van der Waals surface area contributed by atoms with Gasteiger partial charge in [-0.25, -0.2) is 0 Å². The Morgan fingerprint density at radius 1 is 1.29 bits per heavy atom. The van der Waals surface area contributed by atoms with Crippen LogP contribution in [0.2, 0.25) is 0 Å². The van der Waals surface area contributed by atoms with Crippen molar-refractivity contribution in [3.05, 3.63) is 35.4 Å². The van der Waals surface area contributed by atoms with E-state index in [4.69, 9.17) is 0 Å². The third kappa shape index (κ3) is 1.98. The van der Waals surface area contributed by atoms with Gasteiger partial charge in [0.25, 0.3) is 0 Å². The van der Waals surface area contributed by atoms with Gasteiger partial charge in [0.15, 0.2) is 0 Å². The van der Waals surface area contributed by atoms with Gasteiger partial charge in [-0.3, -0.25) is 0 Å². The molecule has 0 aliphatic heterocycles. The van der Waals surface area contributed by atoms with Gasteiger partial charge < -0.3 is 5.11 Å². The maximum Gasteiger partial charge on any atom is 0.119 e. The average molecular weight is 190 g/mol. The van der Waals surface area contributed by atoms with Gasteiger partial charge in [-0.15, -0.1) is 0 Å². The van der Waals surface area contributed by atoms with E-state index < -0.39 is 0 Å². The summed E-state index contributed by atoms with van der Waals surface area (Å²) in [5.74, 6) is 0.376. The highest BCUT2D eigenvalue weighted by Crippen LogP contribution is 2.33. The molecule has 1 N–H and O–H groups in total. The monoisotopic (exact) mass is 190 g/mol. The van der Waals surface area contributed by atoms with Crippen LogP contribution in [-0.4, -0.2) is 5.11 Å². The Labute approximate surface area is 86.1 Å². The summed E-state index contributed by atoms with van der Waals surface area (Å²) in [7, 11) is 0. The average Bonchev–Trinajstić information content (AvgIpc) is 2.02. The molecule has 1 heteroatoms. The van der Waals surface area contributed by atoms with Crippen molar-refractivity contribution < 1.29 is 5.11 Å². The lowest BCUT2D eigenvalue weighted by Gasteiger charge is -2.21. The van der Waals surface area contributed by atoms with Crippen LogP contribution >= 0.6 is 0 Å². The molecule has 0 atom stereocenters. The second kappa shape index (κ2) is 3.49. The first-order valence-corrected chi connectivity index (χ1v) is 4.83. The summed E-state index contributed by atoms with van der Waals surface area (Å²) in [5, 5.41) is 9.81. The van der Waals surface area contributed by atoms with Crippen LogP contribution in [0.3, 0.4) is 0 Å². The molecule has 0 radical (unpaired) electrons. The number of rotatable bonds is 1. The molecule has 0 saturated carbocycles. The molecule has 0 heterocycles. The summed E-state index contributed by atoms with van der Waals surface area (Å²) in [4.78, 5) is 0. The van der Waals surface area contributed by atoms with Crippen molar-refractivity contribution >= 4 is 6.08 Å². The molecule has 1 aromatic carbocycles. The molecule has 0 aliphatic carbocycles. The normalized spacial score (nSPS) is 11.4. The van der Waals surface area contributed by atoms with Gasteiger partial charge in [0.1, 0.15) is 5.75 Å². The number of hydrogen-bond donors (Lipinski definition) is 1. The highest BCUT2D eigenvalue weighted by molar-refractivity contribution is 5.57. The fraction of sp³-hybridized carbons (Fsp3) is 0.385. The maximum atomic E-state index is 9.81. The van der Waals surface area contributed by atoms with E-state index in [-0.39, 0.29) is 5.41 Å². The van der Waals surface area contributed by atoms with Gasteiger partial charge in [-0.05, 0) is 41.2 Å². The molecule has 1 rings (SSSR count). The Morgan fingerprint density at radius 3 is 2.29 bits per heavy atom. The van der Waals surface area contributed by atoms with Gasteiger partial charge in [0.05, 0.1) is 0 Å². The topological polar surface area (TPSA) is 20.2 Å². The zero-order valence-electron chi connectivity index (χ0n) is 9.39. The van der Waals surface area contributed by atoms with Crippen LogP contribution in [0.25, 0.3) is 6.08 Å². The molecule has 0 aromatic heterocycles. The van der Waals surface area contributed by atoms with Crippen molar-refractivity contribution in [3.63, 3.8) is 0 Å². The third-order valence-electron chi connectivity index (χ3n) is 2.41. The second-order valence-corrected chi connectivity index (χ2v) is 4.68. The van der Waals surface area contributed by atoms with Crippen molar-refractivity contribution in [2.24, 2.45) is 0 Å². The lowest BCUT2D eigenvalue weighted by molar-refractivity contribution is 0.446. The van der Waals surface area contributed by atoms with E-state index in [0.717, 1.165) is 16.7 Å². The highest BCUT2D eigenvalue weighted by Gasteiger charge is 2.18. The van der Waals surface area contributed by atoms with E-state index in [0.29, 0.717) is 5.75 Å². The van der Waals surface area contributed by atoms with Crippen LogP contribution < -0.4 is 0 Å². The van der Waals surface area contributed by atoms with Gasteiger partial charge in [-0.2, -0.15) is 0 Å². The van der Waals surface area contributed by atoms with E-state index in [1.165, 1.54) is 0 Å². The van der Waals surface area contributed by atoms with Crippen LogP contribution in [0.15, 0.2) is 18.7 Å². The Hall–Kier alpha value is -1.24. The summed E-state index contributed by atoms with van der Waals surface area (Å²) in [5.41, 5.74) is 3.09. The standard InChI is InChI=1S/C13H18O/c1-6-10-8-11(13(3,4)5)12(14)7-9(10)2/h6-8,14H,1H2,2-5H3. The summed E-state index contributed by atoms with van der Waals surface area (Å²) < 4.78 is 0. The Bertz CT molecular complexity index is 356. The van der Waals surface area contributed by atoms with Crippen molar-refractivity contribution in [1.29, 1.82) is 0 Å². The number of benzene rings is 1. The first kappa shape index (κ1) is 10.8. The predicted octanol–water partition coefficient (Wildman–Crippen LogP) is 3.64. The molecule has 0 spiro atoms. The Balaban J connectivity index is 3.39. The zero-order valence-corrected chi connectivity index (χ0v) is 9.39. The summed E-state index contributed by atoms with van der Waals surface area (Å²) >= 11 is 0. The lowest BCUT2D eigenvalue weighted by Crippen LogP contribution is -2.11. The van der Waals surface area contributed by atoms with Gasteiger partial charge in [-0.1, -0.05) is 33.4 Å². The van der Waals surface area contributed by atoms with Crippen LogP contribution in [-0.2, 0) is 5.41 Å². The van der Waals surface area contributed by atoms with Crippen molar-refractivity contribution in [3.8, 4) is 5.75 Å². The first-order valence-electron chi connectivity index (χ1n) is 4.83. The van der Waals surface area contributed by atoms with Crippen LogP contribution in [0.5, 0.6) is 5.75 Å². The van der Waals surface area contributed by atoms with E-state index in [9.17, 15) is 5.11 Å². The molecule has 0 unspecified atom stereocenters. The van der Waals surface area contributed by atoms with Crippen molar-refractivity contribution in [1.82, 2.24) is 0 Å². The molecule has 0 bridgehead atoms. The fourth-order valence-electron chi connectivity index (χ4n) is 1.53. The van der Waals surface area contributed by atoms with Crippen molar-refractivity contribution in [2.45, 2.75) is 33.1 Å². The van der Waals surface area contributed by atoms with E-state index in [1.807, 2.05) is 19.1 Å². The fourth-order valence-corrected chi connectivity index (χ4v) is 1.53. The molecule has 0 fully saturated rings. The molecule has 0 saturated heterocycles. The number of aromatic hydroxyl groups is 1. The molecule has 0 amide bonds. The molecule has 76 valence electrons. The number of phenolic OH excluding ortho intramolecular Hbond substituents is 1.